The van der Waals surface area contributed by atoms with E-state index in [4.69, 9.17) is 26.8 Å². The maximum absolute atomic E-state index is 12.6. The number of anilines is 2. The van der Waals surface area contributed by atoms with Crippen molar-refractivity contribution in [2.45, 2.75) is 6.92 Å². The van der Waals surface area contributed by atoms with E-state index >= 15 is 0 Å². The number of benzene rings is 1. The van der Waals surface area contributed by atoms with Crippen LogP contribution in [0.4, 0.5) is 10.8 Å². The second-order valence-electron chi connectivity index (χ2n) is 5.96. The van der Waals surface area contributed by atoms with Gasteiger partial charge in [-0.25, -0.2) is 19.6 Å². The van der Waals surface area contributed by atoms with Gasteiger partial charge in [-0.15, -0.1) is 11.3 Å². The van der Waals surface area contributed by atoms with Crippen LogP contribution in [0.1, 0.15) is 27.8 Å². The number of thiophene rings is 1. The summed E-state index contributed by atoms with van der Waals surface area (Å²) < 4.78 is 10.4. The Kier molecular flexibility index (Phi) is 7.16. The third kappa shape index (κ3) is 5.16. The number of rotatable bonds is 7. The number of amides is 1. The number of esters is 2. The Morgan fingerprint density at radius 2 is 1.81 bits per heavy atom. The van der Waals surface area contributed by atoms with Crippen molar-refractivity contribution < 1.29 is 23.9 Å². The van der Waals surface area contributed by atoms with Crippen molar-refractivity contribution in [3.05, 3.63) is 58.3 Å². The summed E-state index contributed by atoms with van der Waals surface area (Å²) in [7, 11) is 0. The highest BCUT2D eigenvalue weighted by Gasteiger charge is 2.26. The molecule has 0 atom stereocenters. The minimum Gasteiger partial charge on any atom is -0.462 e. The van der Waals surface area contributed by atoms with Crippen LogP contribution in [-0.2, 0) is 14.3 Å². The summed E-state index contributed by atoms with van der Waals surface area (Å²) in [5.74, 6) is -2.33. The highest BCUT2D eigenvalue weighted by molar-refractivity contribution is 7.21. The van der Waals surface area contributed by atoms with Crippen LogP contribution in [0.2, 0.25) is 4.34 Å². The molecule has 31 heavy (non-hydrogen) atoms. The summed E-state index contributed by atoms with van der Waals surface area (Å²) in [5, 5.41) is 2.73. The van der Waals surface area contributed by atoms with E-state index in [1.54, 1.807) is 31.2 Å². The van der Waals surface area contributed by atoms with E-state index in [0.717, 1.165) is 11.3 Å². The van der Waals surface area contributed by atoms with Gasteiger partial charge in [-0.05, 0) is 12.5 Å². The Labute approximate surface area is 186 Å². The molecule has 0 spiro atoms. The Bertz CT molecular complexity index is 1120. The Balaban J connectivity index is 1.80. The van der Waals surface area contributed by atoms with Crippen molar-refractivity contribution in [2.75, 3.05) is 24.3 Å². The molecule has 0 unspecified atom stereocenters. The van der Waals surface area contributed by atoms with E-state index in [1.807, 2.05) is 6.07 Å². The zero-order valence-electron chi connectivity index (χ0n) is 16.3. The molecule has 1 amide bonds. The molecule has 0 aliphatic rings. The molecule has 3 aromatic rings. The van der Waals surface area contributed by atoms with Crippen molar-refractivity contribution in [1.29, 1.82) is 0 Å². The molecule has 0 bridgehead atoms. The molecule has 2 aromatic heterocycles. The third-order valence-corrected chi connectivity index (χ3v) is 5.23. The Hall–Kier alpha value is -3.50. The molecule has 0 aliphatic heterocycles. The summed E-state index contributed by atoms with van der Waals surface area (Å²) in [6.07, 6.45) is 2.60. The zero-order chi connectivity index (χ0) is 22.4. The Morgan fingerprint density at radius 1 is 1.10 bits per heavy atom. The zero-order valence-corrected chi connectivity index (χ0v) is 17.8. The van der Waals surface area contributed by atoms with Gasteiger partial charge in [0.2, 0.25) is 0 Å². The van der Waals surface area contributed by atoms with Gasteiger partial charge in [0.1, 0.15) is 14.9 Å². The van der Waals surface area contributed by atoms with Gasteiger partial charge in [0, 0.05) is 18.0 Å². The molecule has 3 N–H and O–H groups in total. The summed E-state index contributed by atoms with van der Waals surface area (Å²) >= 11 is 7.38. The number of nitrogens with one attached hydrogen (secondary N) is 1. The lowest BCUT2D eigenvalue weighted by Crippen LogP contribution is -2.22. The summed E-state index contributed by atoms with van der Waals surface area (Å²) in [5.41, 5.74) is 6.63. The second-order valence-corrected chi connectivity index (χ2v) is 7.58. The maximum Gasteiger partial charge on any atom is 0.361 e. The third-order valence-electron chi connectivity index (χ3n) is 3.91. The molecule has 0 radical (unpaired) electrons. The largest absolute Gasteiger partial charge is 0.462 e. The predicted octanol–water partition coefficient (Wildman–Crippen LogP) is 3.41. The highest BCUT2D eigenvalue weighted by atomic mass is 35.5. The molecule has 160 valence electrons. The van der Waals surface area contributed by atoms with Crippen LogP contribution >= 0.6 is 22.9 Å². The average molecular weight is 461 g/mol. The lowest BCUT2D eigenvalue weighted by Gasteiger charge is -2.09. The maximum atomic E-state index is 12.6. The van der Waals surface area contributed by atoms with E-state index in [1.165, 1.54) is 12.4 Å². The van der Waals surface area contributed by atoms with E-state index in [0.29, 0.717) is 15.5 Å². The van der Waals surface area contributed by atoms with Crippen LogP contribution in [0.15, 0.2) is 42.7 Å². The van der Waals surface area contributed by atoms with Crippen molar-refractivity contribution in [3.8, 4) is 11.1 Å². The minimum absolute atomic E-state index is 0.116. The first-order valence-corrected chi connectivity index (χ1v) is 10.2. The van der Waals surface area contributed by atoms with Gasteiger partial charge < -0.3 is 20.5 Å². The van der Waals surface area contributed by atoms with Crippen molar-refractivity contribution in [3.63, 3.8) is 0 Å². The molecule has 9 nitrogen and oxygen atoms in total. The fourth-order valence-corrected chi connectivity index (χ4v) is 4.01. The van der Waals surface area contributed by atoms with Crippen LogP contribution < -0.4 is 11.1 Å². The van der Waals surface area contributed by atoms with Gasteiger partial charge in [-0.2, -0.15) is 0 Å². The molecule has 1 aromatic carbocycles. The van der Waals surface area contributed by atoms with Crippen LogP contribution in [0.3, 0.4) is 0 Å². The van der Waals surface area contributed by atoms with Crippen LogP contribution in [0, 0.1) is 0 Å². The molecule has 0 aliphatic carbocycles. The molecule has 11 heteroatoms. The monoisotopic (exact) mass is 460 g/mol. The molecule has 0 saturated heterocycles. The van der Waals surface area contributed by atoms with E-state index in [9.17, 15) is 14.4 Å². The van der Waals surface area contributed by atoms with Gasteiger partial charge in [-0.1, -0.05) is 41.9 Å². The number of ether oxygens (including phenoxy) is 2. The number of nitrogens with zero attached hydrogens (tertiary/aromatic N) is 2. The lowest BCUT2D eigenvalue weighted by molar-refractivity contribution is -0.119. The molecule has 0 saturated carbocycles. The van der Waals surface area contributed by atoms with Gasteiger partial charge in [0.05, 0.1) is 6.61 Å². The van der Waals surface area contributed by atoms with E-state index in [-0.39, 0.29) is 28.7 Å². The number of hydrogen-bond donors (Lipinski definition) is 2. The number of halogens is 1. The van der Waals surface area contributed by atoms with Crippen molar-refractivity contribution in [1.82, 2.24) is 9.97 Å². The molecular weight excluding hydrogens is 444 g/mol. The van der Waals surface area contributed by atoms with E-state index < -0.39 is 24.5 Å². The van der Waals surface area contributed by atoms with Gasteiger partial charge in [-0.3, -0.25) is 4.79 Å². The highest BCUT2D eigenvalue weighted by Crippen LogP contribution is 2.43. The summed E-state index contributed by atoms with van der Waals surface area (Å²) in [6.45, 7) is 1.18. The van der Waals surface area contributed by atoms with E-state index in [2.05, 4.69) is 15.3 Å². The summed E-state index contributed by atoms with van der Waals surface area (Å²) in [6, 6.07) is 9.00. The fraction of sp³-hybridized carbons (Fsp3) is 0.150. The lowest BCUT2D eigenvalue weighted by atomic mass is 10.0. The van der Waals surface area contributed by atoms with Crippen LogP contribution in [-0.4, -0.2) is 41.0 Å². The minimum atomic E-state index is -0.902. The first-order valence-electron chi connectivity index (χ1n) is 9.00. The van der Waals surface area contributed by atoms with Crippen LogP contribution in [0.5, 0.6) is 0 Å². The number of nitrogen functional groups attached to an aromatic ring is 1. The normalized spacial score (nSPS) is 10.4. The second kappa shape index (κ2) is 10.0. The first kappa shape index (κ1) is 22.2. The average Bonchev–Trinajstić information content (AvgIpc) is 3.08. The molecular formula is C20H17ClN4O5S. The topological polar surface area (TPSA) is 134 Å². The standard InChI is InChI=1S/C20H17ClN4O5S/c1-2-29-19(27)14-13(11-6-4-3-5-7-11)16(21)31-18(14)25-12(26)10-30-20(28)15-17(22)24-9-8-23-15/h3-9H,2,10H2,1H3,(H2,22,24)(H,25,26). The van der Waals surface area contributed by atoms with Crippen molar-refractivity contribution >= 4 is 51.6 Å². The predicted molar refractivity (Wildman–Crippen MR) is 116 cm³/mol. The molecule has 3 rings (SSSR count). The first-order chi connectivity index (χ1) is 14.9. The number of carbonyl (C=O) groups is 3. The Morgan fingerprint density at radius 3 is 2.48 bits per heavy atom. The van der Waals surface area contributed by atoms with Crippen molar-refractivity contribution in [2.24, 2.45) is 0 Å². The van der Waals surface area contributed by atoms with Gasteiger partial charge in [0.25, 0.3) is 5.91 Å². The number of carbonyl (C=O) groups excluding carboxylic acids is 3. The van der Waals surface area contributed by atoms with Crippen LogP contribution in [0.25, 0.3) is 11.1 Å². The number of aromatic nitrogens is 2. The summed E-state index contributed by atoms with van der Waals surface area (Å²) in [4.78, 5) is 44.5. The molecule has 0 fully saturated rings. The fourth-order valence-electron chi connectivity index (χ4n) is 2.62. The van der Waals surface area contributed by atoms with Gasteiger partial charge in [0.15, 0.2) is 18.1 Å². The molecule has 2 heterocycles. The quantitative estimate of drug-likeness (QED) is 0.512. The number of nitrogens with two attached hydrogens (primary N) is 1. The van der Waals surface area contributed by atoms with Gasteiger partial charge >= 0.3 is 11.9 Å². The smallest absolute Gasteiger partial charge is 0.361 e. The number of hydrogen-bond acceptors (Lipinski definition) is 9. The SMILES string of the molecule is CCOC(=O)c1c(NC(=O)COC(=O)c2nccnc2N)sc(Cl)c1-c1ccccc1.